The van der Waals surface area contributed by atoms with Gasteiger partial charge in [-0.3, -0.25) is 4.79 Å². The molecule has 1 aliphatic carbocycles. The summed E-state index contributed by atoms with van der Waals surface area (Å²) in [6.07, 6.45) is 3.96. The molecule has 0 bridgehead atoms. The van der Waals surface area contributed by atoms with Crippen LogP contribution < -0.4 is 20.5 Å². The van der Waals surface area contributed by atoms with Crippen molar-refractivity contribution in [1.29, 1.82) is 0 Å². The Kier molecular flexibility index (Phi) is 4.29. The Morgan fingerprint density at radius 2 is 1.86 bits per heavy atom. The van der Waals surface area contributed by atoms with E-state index < -0.39 is 0 Å². The largest absolute Gasteiger partial charge is 0.486 e. The molecule has 5 nitrogen and oxygen atoms in total. The molecule has 0 saturated heterocycles. The molecule has 0 spiro atoms. The van der Waals surface area contributed by atoms with E-state index in [2.05, 4.69) is 5.32 Å². The molecule has 5 heteroatoms. The van der Waals surface area contributed by atoms with E-state index in [1.54, 1.807) is 0 Å². The van der Waals surface area contributed by atoms with Crippen molar-refractivity contribution in [3.05, 3.63) is 18.2 Å². The van der Waals surface area contributed by atoms with Crippen LogP contribution in [-0.4, -0.2) is 25.7 Å². The van der Waals surface area contributed by atoms with Crippen molar-refractivity contribution in [2.45, 2.75) is 25.7 Å². The van der Waals surface area contributed by atoms with Crippen molar-refractivity contribution in [2.75, 3.05) is 25.1 Å². The van der Waals surface area contributed by atoms with Crippen LogP contribution in [0.4, 0.5) is 5.69 Å². The first-order valence-corrected chi connectivity index (χ1v) is 7.67. The summed E-state index contributed by atoms with van der Waals surface area (Å²) < 4.78 is 11.0. The van der Waals surface area contributed by atoms with E-state index in [1.807, 2.05) is 18.2 Å². The number of fused-ring (bicyclic) bond motifs is 1. The number of benzene rings is 1. The smallest absolute Gasteiger partial charge is 0.227 e. The Bertz CT molecular complexity index is 510. The van der Waals surface area contributed by atoms with Gasteiger partial charge in [-0.15, -0.1) is 0 Å². The first kappa shape index (κ1) is 14.2. The number of nitrogens with one attached hydrogen (secondary N) is 1. The summed E-state index contributed by atoms with van der Waals surface area (Å²) in [4.78, 5) is 12.3. The average molecular weight is 290 g/mol. The van der Waals surface area contributed by atoms with E-state index in [9.17, 15) is 4.79 Å². The zero-order chi connectivity index (χ0) is 14.7. The van der Waals surface area contributed by atoms with Gasteiger partial charge in [0.25, 0.3) is 0 Å². The summed E-state index contributed by atoms with van der Waals surface area (Å²) in [5, 5.41) is 2.99. The van der Waals surface area contributed by atoms with Gasteiger partial charge in [-0.25, -0.2) is 0 Å². The highest BCUT2D eigenvalue weighted by atomic mass is 16.6. The zero-order valence-electron chi connectivity index (χ0n) is 12.1. The van der Waals surface area contributed by atoms with E-state index >= 15 is 0 Å². The van der Waals surface area contributed by atoms with Crippen molar-refractivity contribution in [3.8, 4) is 11.5 Å². The van der Waals surface area contributed by atoms with Gasteiger partial charge >= 0.3 is 0 Å². The monoisotopic (exact) mass is 290 g/mol. The van der Waals surface area contributed by atoms with E-state index in [1.165, 1.54) is 0 Å². The Morgan fingerprint density at radius 3 is 2.57 bits per heavy atom. The van der Waals surface area contributed by atoms with Gasteiger partial charge in [0, 0.05) is 17.7 Å². The molecule has 114 valence electrons. The van der Waals surface area contributed by atoms with Gasteiger partial charge in [0.1, 0.15) is 13.2 Å². The minimum absolute atomic E-state index is 0.0981. The maximum Gasteiger partial charge on any atom is 0.227 e. The van der Waals surface area contributed by atoms with Gasteiger partial charge in [-0.05, 0) is 50.3 Å². The van der Waals surface area contributed by atoms with Gasteiger partial charge < -0.3 is 20.5 Å². The standard InChI is InChI=1S/C16H22N2O3/c17-10-11-1-3-12(4-2-11)16(19)18-13-5-6-14-15(9-13)21-8-7-20-14/h5-6,9,11-12H,1-4,7-8,10,17H2,(H,18,19). The second-order valence-electron chi connectivity index (χ2n) is 5.80. The summed E-state index contributed by atoms with van der Waals surface area (Å²) in [5.74, 6) is 2.22. The summed E-state index contributed by atoms with van der Waals surface area (Å²) >= 11 is 0. The van der Waals surface area contributed by atoms with Gasteiger partial charge in [0.2, 0.25) is 5.91 Å². The van der Waals surface area contributed by atoms with Gasteiger partial charge in [-0.2, -0.15) is 0 Å². The molecule has 1 amide bonds. The molecule has 21 heavy (non-hydrogen) atoms. The predicted molar refractivity (Wildman–Crippen MR) is 80.6 cm³/mol. The summed E-state index contributed by atoms with van der Waals surface area (Å²) in [6, 6.07) is 5.53. The van der Waals surface area contributed by atoms with Crippen LogP contribution in [0.1, 0.15) is 25.7 Å². The van der Waals surface area contributed by atoms with Gasteiger partial charge in [0.15, 0.2) is 11.5 Å². The molecule has 0 atom stereocenters. The maximum atomic E-state index is 12.3. The molecule has 1 saturated carbocycles. The fourth-order valence-electron chi connectivity index (χ4n) is 3.03. The number of amides is 1. The van der Waals surface area contributed by atoms with Crippen LogP contribution >= 0.6 is 0 Å². The third-order valence-corrected chi connectivity index (χ3v) is 4.36. The fourth-order valence-corrected chi connectivity index (χ4v) is 3.03. The minimum Gasteiger partial charge on any atom is -0.486 e. The Labute approximate surface area is 124 Å². The van der Waals surface area contributed by atoms with Crippen LogP contribution in [0.3, 0.4) is 0 Å². The van der Waals surface area contributed by atoms with Gasteiger partial charge in [-0.1, -0.05) is 0 Å². The van der Waals surface area contributed by atoms with Crippen LogP contribution in [0.5, 0.6) is 11.5 Å². The SMILES string of the molecule is NCC1CCC(C(=O)Nc2ccc3c(c2)OCCO3)CC1. The number of carbonyl (C=O) groups is 1. The zero-order valence-corrected chi connectivity index (χ0v) is 12.1. The van der Waals surface area contributed by atoms with Crippen molar-refractivity contribution < 1.29 is 14.3 Å². The molecular weight excluding hydrogens is 268 g/mol. The number of nitrogens with two attached hydrogens (primary N) is 1. The third-order valence-electron chi connectivity index (χ3n) is 4.36. The molecule has 3 N–H and O–H groups in total. The Morgan fingerprint density at radius 1 is 1.14 bits per heavy atom. The van der Waals surface area contributed by atoms with Crippen LogP contribution in [0.15, 0.2) is 18.2 Å². The van der Waals surface area contributed by atoms with Crippen molar-refractivity contribution in [2.24, 2.45) is 17.6 Å². The molecule has 3 rings (SSSR count). The van der Waals surface area contributed by atoms with E-state index in [0.29, 0.717) is 24.9 Å². The topological polar surface area (TPSA) is 73.6 Å². The third kappa shape index (κ3) is 3.29. The molecule has 1 fully saturated rings. The highest BCUT2D eigenvalue weighted by Crippen LogP contribution is 2.33. The van der Waals surface area contributed by atoms with Crippen LogP contribution in [0.25, 0.3) is 0 Å². The highest BCUT2D eigenvalue weighted by Gasteiger charge is 2.25. The second kappa shape index (κ2) is 6.35. The molecular formula is C16H22N2O3. The summed E-state index contributed by atoms with van der Waals surface area (Å²) in [5.41, 5.74) is 6.46. The summed E-state index contributed by atoms with van der Waals surface area (Å²) in [7, 11) is 0. The summed E-state index contributed by atoms with van der Waals surface area (Å²) in [6.45, 7) is 1.85. The molecule has 0 unspecified atom stereocenters. The lowest BCUT2D eigenvalue weighted by atomic mass is 9.81. The van der Waals surface area contributed by atoms with E-state index in [-0.39, 0.29) is 11.8 Å². The molecule has 1 aromatic rings. The molecule has 1 aromatic carbocycles. The highest BCUT2D eigenvalue weighted by molar-refractivity contribution is 5.92. The Balaban J connectivity index is 1.60. The average Bonchev–Trinajstić information content (AvgIpc) is 2.55. The number of ether oxygens (including phenoxy) is 2. The molecule has 2 aliphatic rings. The molecule has 1 heterocycles. The number of rotatable bonds is 3. The van der Waals surface area contributed by atoms with Crippen LogP contribution in [-0.2, 0) is 4.79 Å². The fraction of sp³-hybridized carbons (Fsp3) is 0.562. The lowest BCUT2D eigenvalue weighted by Gasteiger charge is -2.27. The first-order valence-electron chi connectivity index (χ1n) is 7.67. The molecule has 1 aliphatic heterocycles. The predicted octanol–water partition coefficient (Wildman–Crippen LogP) is 2.16. The van der Waals surface area contributed by atoms with Crippen molar-refractivity contribution >= 4 is 11.6 Å². The first-order chi connectivity index (χ1) is 10.3. The minimum atomic E-state index is 0.0981. The lowest BCUT2D eigenvalue weighted by Crippen LogP contribution is -2.29. The van der Waals surface area contributed by atoms with Crippen molar-refractivity contribution in [3.63, 3.8) is 0 Å². The van der Waals surface area contributed by atoms with Crippen molar-refractivity contribution in [1.82, 2.24) is 0 Å². The number of hydrogen-bond acceptors (Lipinski definition) is 4. The Hall–Kier alpha value is -1.75. The maximum absolute atomic E-state index is 12.3. The van der Waals surface area contributed by atoms with Crippen LogP contribution in [0.2, 0.25) is 0 Å². The lowest BCUT2D eigenvalue weighted by molar-refractivity contribution is -0.121. The van der Waals surface area contributed by atoms with Crippen LogP contribution in [0, 0.1) is 11.8 Å². The normalized spacial score (nSPS) is 24.4. The molecule has 0 aromatic heterocycles. The van der Waals surface area contributed by atoms with Gasteiger partial charge in [0.05, 0.1) is 0 Å². The number of carbonyl (C=O) groups excluding carboxylic acids is 1. The van der Waals surface area contributed by atoms with E-state index in [0.717, 1.165) is 43.7 Å². The quantitative estimate of drug-likeness (QED) is 0.894. The van der Waals surface area contributed by atoms with E-state index in [4.69, 9.17) is 15.2 Å². The second-order valence-corrected chi connectivity index (χ2v) is 5.80. The number of hydrogen-bond donors (Lipinski definition) is 2. The number of anilines is 1. The molecule has 0 radical (unpaired) electrons.